The average Bonchev–Trinajstić information content (AvgIpc) is 2.53. The molecule has 1 fully saturated rings. The Morgan fingerprint density at radius 3 is 2.67 bits per heavy atom. The Morgan fingerprint density at radius 2 is 2.10 bits per heavy atom. The molecule has 0 atom stereocenters. The highest BCUT2D eigenvalue weighted by Crippen LogP contribution is 2.35. The van der Waals surface area contributed by atoms with E-state index in [1.165, 1.54) is 25.7 Å². The fraction of sp³-hybridized carbons (Fsp3) is 0.562. The van der Waals surface area contributed by atoms with Crippen LogP contribution in [-0.2, 0) is 0 Å². The Bertz CT molecular complexity index is 498. The van der Waals surface area contributed by atoms with Crippen LogP contribution in [0.1, 0.15) is 42.5 Å². The number of carbonyl (C=O) groups is 1. The molecule has 0 radical (unpaired) electrons. The molecule has 1 aromatic carbocycles. The Kier molecular flexibility index (Phi) is 5.17. The Morgan fingerprint density at radius 1 is 1.38 bits per heavy atom. The molecule has 0 spiro atoms. The van der Waals surface area contributed by atoms with Gasteiger partial charge in [0.25, 0.3) is 5.91 Å². The van der Waals surface area contributed by atoms with Crippen molar-refractivity contribution in [2.24, 2.45) is 5.41 Å². The maximum atomic E-state index is 13.8. The second kappa shape index (κ2) is 6.89. The number of benzene rings is 1. The van der Waals surface area contributed by atoms with Gasteiger partial charge in [-0.25, -0.2) is 4.39 Å². The van der Waals surface area contributed by atoms with Crippen molar-refractivity contribution in [1.82, 2.24) is 5.32 Å². The van der Waals surface area contributed by atoms with Crippen LogP contribution in [0.5, 0.6) is 5.75 Å². The number of hydrogen-bond donors (Lipinski definition) is 2. The summed E-state index contributed by atoms with van der Waals surface area (Å²) in [6.07, 6.45) is 5.09. The van der Waals surface area contributed by atoms with Crippen LogP contribution < -0.4 is 10.1 Å². The predicted molar refractivity (Wildman–Crippen MR) is 77.9 cm³/mol. The van der Waals surface area contributed by atoms with E-state index in [0.29, 0.717) is 12.3 Å². The highest BCUT2D eigenvalue weighted by molar-refractivity contribution is 5.94. The molecule has 2 N–H and O–H groups in total. The zero-order valence-corrected chi connectivity index (χ0v) is 12.3. The number of amides is 1. The predicted octanol–water partition coefficient (Wildman–Crippen LogP) is 2.51. The van der Waals surface area contributed by atoms with E-state index >= 15 is 0 Å². The van der Waals surface area contributed by atoms with Gasteiger partial charge < -0.3 is 15.2 Å². The van der Waals surface area contributed by atoms with Crippen LogP contribution in [0, 0.1) is 11.2 Å². The maximum absolute atomic E-state index is 13.8. The van der Waals surface area contributed by atoms with Crippen molar-refractivity contribution in [3.8, 4) is 5.75 Å². The van der Waals surface area contributed by atoms with E-state index < -0.39 is 11.7 Å². The summed E-state index contributed by atoms with van der Waals surface area (Å²) >= 11 is 0. The van der Waals surface area contributed by atoms with Gasteiger partial charge in [-0.2, -0.15) is 0 Å². The number of ether oxygens (including phenoxy) is 1. The maximum Gasteiger partial charge on any atom is 0.254 e. The van der Waals surface area contributed by atoms with Gasteiger partial charge in [-0.05, 0) is 25.0 Å². The van der Waals surface area contributed by atoms with Gasteiger partial charge in [-0.3, -0.25) is 4.79 Å². The van der Waals surface area contributed by atoms with Crippen molar-refractivity contribution in [1.29, 1.82) is 0 Å². The number of hydrogen-bond acceptors (Lipinski definition) is 3. The number of aliphatic hydroxyl groups excluding tert-OH is 1. The van der Waals surface area contributed by atoms with E-state index in [2.05, 4.69) is 5.32 Å². The van der Waals surface area contributed by atoms with Crippen LogP contribution in [0.2, 0.25) is 0 Å². The first-order valence-corrected chi connectivity index (χ1v) is 7.33. The summed E-state index contributed by atoms with van der Waals surface area (Å²) in [4.78, 5) is 12.1. The minimum Gasteiger partial charge on any atom is -0.497 e. The largest absolute Gasteiger partial charge is 0.497 e. The van der Waals surface area contributed by atoms with Crippen molar-refractivity contribution in [3.05, 3.63) is 29.6 Å². The molecule has 4 nitrogen and oxygen atoms in total. The summed E-state index contributed by atoms with van der Waals surface area (Å²) in [7, 11) is 1.45. The van der Waals surface area contributed by atoms with Crippen LogP contribution in [0.15, 0.2) is 18.2 Å². The van der Waals surface area contributed by atoms with Crippen molar-refractivity contribution in [3.63, 3.8) is 0 Å². The topological polar surface area (TPSA) is 58.6 Å². The quantitative estimate of drug-likeness (QED) is 0.877. The molecule has 0 heterocycles. The molecule has 0 bridgehead atoms. The minimum atomic E-state index is -0.603. The van der Waals surface area contributed by atoms with Gasteiger partial charge in [-0.15, -0.1) is 0 Å². The number of carbonyl (C=O) groups excluding carboxylic acids is 1. The zero-order valence-electron chi connectivity index (χ0n) is 12.3. The summed E-state index contributed by atoms with van der Waals surface area (Å²) in [5, 5.41) is 12.4. The molecule has 1 aromatic rings. The fourth-order valence-electron chi connectivity index (χ4n) is 2.86. The molecule has 0 aliphatic heterocycles. The second-order valence-corrected chi connectivity index (χ2v) is 5.75. The van der Waals surface area contributed by atoms with Gasteiger partial charge in [0.1, 0.15) is 11.6 Å². The first-order chi connectivity index (χ1) is 10.1. The molecule has 0 saturated heterocycles. The Balaban J connectivity index is 2.01. The summed E-state index contributed by atoms with van der Waals surface area (Å²) in [5.74, 6) is -0.676. The molecule has 116 valence electrons. The summed E-state index contributed by atoms with van der Waals surface area (Å²) in [6.45, 7) is 0.437. The molecule has 0 unspecified atom stereocenters. The fourth-order valence-corrected chi connectivity index (χ4v) is 2.86. The van der Waals surface area contributed by atoms with Gasteiger partial charge >= 0.3 is 0 Å². The highest BCUT2D eigenvalue weighted by Gasteiger charge is 2.32. The lowest BCUT2D eigenvalue weighted by atomic mass is 9.74. The lowest BCUT2D eigenvalue weighted by molar-refractivity contribution is 0.0716. The molecule has 1 saturated carbocycles. The van der Waals surface area contributed by atoms with Crippen molar-refractivity contribution < 1.29 is 19.0 Å². The van der Waals surface area contributed by atoms with Crippen LogP contribution in [0.4, 0.5) is 4.39 Å². The van der Waals surface area contributed by atoms with Gasteiger partial charge in [0, 0.05) is 18.0 Å². The number of rotatable bonds is 5. The average molecular weight is 295 g/mol. The number of nitrogens with one attached hydrogen (secondary N) is 1. The first kappa shape index (κ1) is 15.8. The molecule has 1 aliphatic rings. The Labute approximate surface area is 124 Å². The third-order valence-electron chi connectivity index (χ3n) is 4.29. The zero-order chi connectivity index (χ0) is 15.3. The summed E-state index contributed by atoms with van der Waals surface area (Å²) in [6, 6.07) is 4.16. The minimum absolute atomic E-state index is 0.000278. The van der Waals surface area contributed by atoms with Crippen LogP contribution in [-0.4, -0.2) is 31.3 Å². The van der Waals surface area contributed by atoms with Crippen LogP contribution in [0.3, 0.4) is 0 Å². The molecule has 21 heavy (non-hydrogen) atoms. The van der Waals surface area contributed by atoms with Gasteiger partial charge in [-0.1, -0.05) is 19.3 Å². The first-order valence-electron chi connectivity index (χ1n) is 7.33. The SMILES string of the molecule is COc1ccc(C(=O)NCC2(CO)CCCCC2)c(F)c1. The van der Waals surface area contributed by atoms with Crippen molar-refractivity contribution in [2.45, 2.75) is 32.1 Å². The molecule has 1 amide bonds. The molecule has 1 aliphatic carbocycles. The smallest absolute Gasteiger partial charge is 0.254 e. The highest BCUT2D eigenvalue weighted by atomic mass is 19.1. The van der Waals surface area contributed by atoms with E-state index in [1.807, 2.05) is 0 Å². The number of methoxy groups -OCH3 is 1. The lowest BCUT2D eigenvalue weighted by Crippen LogP contribution is -2.41. The number of aliphatic hydroxyl groups is 1. The van der Waals surface area contributed by atoms with Crippen molar-refractivity contribution in [2.75, 3.05) is 20.3 Å². The van der Waals surface area contributed by atoms with E-state index in [-0.39, 0.29) is 17.6 Å². The molecular weight excluding hydrogens is 273 g/mol. The molecule has 5 heteroatoms. The van der Waals surface area contributed by atoms with E-state index in [4.69, 9.17) is 4.74 Å². The van der Waals surface area contributed by atoms with Crippen LogP contribution >= 0.6 is 0 Å². The third kappa shape index (κ3) is 3.73. The second-order valence-electron chi connectivity index (χ2n) is 5.75. The Hall–Kier alpha value is -1.62. The lowest BCUT2D eigenvalue weighted by Gasteiger charge is -2.35. The van der Waals surface area contributed by atoms with Gasteiger partial charge in [0.15, 0.2) is 0 Å². The monoisotopic (exact) mass is 295 g/mol. The summed E-state index contributed by atoms with van der Waals surface area (Å²) in [5.41, 5.74) is -0.253. The van der Waals surface area contributed by atoms with E-state index in [9.17, 15) is 14.3 Å². The standard InChI is InChI=1S/C16H22FNO3/c1-21-12-5-6-13(14(17)9-12)15(20)18-10-16(11-19)7-3-2-4-8-16/h5-6,9,19H,2-4,7-8,10-11H2,1H3,(H,18,20). The molecule has 0 aromatic heterocycles. The van der Waals surface area contributed by atoms with E-state index in [1.54, 1.807) is 6.07 Å². The van der Waals surface area contributed by atoms with Crippen molar-refractivity contribution >= 4 is 5.91 Å². The molecular formula is C16H22FNO3. The van der Waals surface area contributed by atoms with Crippen LogP contribution in [0.25, 0.3) is 0 Å². The van der Waals surface area contributed by atoms with Gasteiger partial charge in [0.2, 0.25) is 0 Å². The van der Waals surface area contributed by atoms with E-state index in [0.717, 1.165) is 25.7 Å². The number of halogens is 1. The normalized spacial score (nSPS) is 17.3. The molecule has 2 rings (SSSR count). The van der Waals surface area contributed by atoms with Gasteiger partial charge in [0.05, 0.1) is 19.3 Å². The summed E-state index contributed by atoms with van der Waals surface area (Å²) < 4.78 is 18.8. The third-order valence-corrected chi connectivity index (χ3v) is 4.29.